The third-order valence-electron chi connectivity index (χ3n) is 6.13. The Morgan fingerprint density at radius 3 is 2.14 bits per heavy atom. The number of alkyl halides is 6. The summed E-state index contributed by atoms with van der Waals surface area (Å²) in [4.78, 5) is 0. The van der Waals surface area contributed by atoms with Crippen molar-refractivity contribution in [3.8, 4) is 11.1 Å². The van der Waals surface area contributed by atoms with Crippen LogP contribution in [-0.4, -0.2) is 24.4 Å². The molecule has 3 rings (SSSR count). The number of fused-ring (bicyclic) bond motifs is 1. The zero-order valence-electron chi connectivity index (χ0n) is 21.1. The normalized spacial score (nSPS) is 15.2. The van der Waals surface area contributed by atoms with Gasteiger partial charge in [-0.1, -0.05) is 58.0 Å². The molecular formula is C26H30F6N2O2S. The summed E-state index contributed by atoms with van der Waals surface area (Å²) < 4.78 is 112. The zero-order chi connectivity index (χ0) is 28.0. The van der Waals surface area contributed by atoms with Crippen LogP contribution in [-0.2, 0) is 22.7 Å². The number of rotatable bonds is 7. The molecule has 1 heterocycles. The van der Waals surface area contributed by atoms with Gasteiger partial charge >= 0.3 is 12.4 Å². The maximum Gasteiger partial charge on any atom is 0.417 e. The van der Waals surface area contributed by atoms with Crippen molar-refractivity contribution in [2.24, 2.45) is 5.41 Å². The van der Waals surface area contributed by atoms with Crippen molar-refractivity contribution in [1.82, 2.24) is 9.29 Å². The summed E-state index contributed by atoms with van der Waals surface area (Å²) in [6, 6.07) is 6.52. The first-order chi connectivity index (χ1) is 16.8. The molecule has 0 aliphatic carbocycles. The lowest BCUT2D eigenvalue weighted by Crippen LogP contribution is -2.41. The molecular weight excluding hydrogens is 518 g/mol. The smallest absolute Gasteiger partial charge is 0.347 e. The van der Waals surface area contributed by atoms with E-state index < -0.39 is 44.6 Å². The molecule has 1 N–H and O–H groups in total. The Hall–Kier alpha value is -2.53. The molecule has 0 aliphatic rings. The minimum Gasteiger partial charge on any atom is -0.347 e. The standard InChI is InChI=1S/C26H30F6N2O2S/c1-6-16(2)37(35,36)33-23(26(30,31)32)20-14-34(15-24(3,4)5)22-13-17(11-12-19(20)22)18-9-7-8-10-21(18)25(27,28)29/h7-14,16,23,33H,6,15H2,1-5H3/t16?,23-/m0/s1. The van der Waals surface area contributed by atoms with Crippen LogP contribution in [0.1, 0.15) is 58.2 Å². The summed E-state index contributed by atoms with van der Waals surface area (Å²) in [6.07, 6.45) is -8.22. The van der Waals surface area contributed by atoms with Crippen molar-refractivity contribution in [2.45, 2.75) is 71.2 Å². The minimum absolute atomic E-state index is 0.103. The largest absolute Gasteiger partial charge is 0.417 e. The molecule has 0 spiro atoms. The van der Waals surface area contributed by atoms with Gasteiger partial charge in [-0.2, -0.15) is 31.1 Å². The molecule has 4 nitrogen and oxygen atoms in total. The number of halogens is 6. The first-order valence-corrected chi connectivity index (χ1v) is 13.3. The van der Waals surface area contributed by atoms with E-state index in [9.17, 15) is 34.8 Å². The highest BCUT2D eigenvalue weighted by Gasteiger charge is 2.45. The molecule has 3 aromatic rings. The van der Waals surface area contributed by atoms with Crippen LogP contribution < -0.4 is 4.72 Å². The van der Waals surface area contributed by atoms with Crippen molar-refractivity contribution >= 4 is 20.9 Å². The number of aromatic nitrogens is 1. The molecule has 37 heavy (non-hydrogen) atoms. The van der Waals surface area contributed by atoms with Crippen molar-refractivity contribution in [3.05, 3.63) is 59.8 Å². The molecule has 1 aromatic heterocycles. The molecule has 2 atom stereocenters. The van der Waals surface area contributed by atoms with Gasteiger partial charge in [0, 0.05) is 29.2 Å². The Kier molecular flexibility index (Phi) is 7.83. The maximum atomic E-state index is 14.2. The molecule has 0 radical (unpaired) electrons. The van der Waals surface area contributed by atoms with Crippen LogP contribution in [0.15, 0.2) is 48.7 Å². The van der Waals surface area contributed by atoms with Crippen molar-refractivity contribution in [3.63, 3.8) is 0 Å². The highest BCUT2D eigenvalue weighted by Crippen LogP contribution is 2.42. The van der Waals surface area contributed by atoms with Gasteiger partial charge in [0.15, 0.2) is 0 Å². The number of nitrogens with one attached hydrogen (secondary N) is 1. The highest BCUT2D eigenvalue weighted by molar-refractivity contribution is 7.90. The second-order valence-electron chi connectivity index (χ2n) is 10.4. The fourth-order valence-corrected chi connectivity index (χ4v) is 5.41. The average molecular weight is 549 g/mol. The van der Waals surface area contributed by atoms with Gasteiger partial charge in [0.1, 0.15) is 6.04 Å². The Bertz CT molecular complexity index is 1370. The molecule has 0 aliphatic heterocycles. The fraction of sp³-hybridized carbons (Fsp3) is 0.462. The predicted molar refractivity (Wildman–Crippen MR) is 132 cm³/mol. The topological polar surface area (TPSA) is 51.1 Å². The van der Waals surface area contributed by atoms with Gasteiger partial charge in [0.05, 0.1) is 10.8 Å². The third kappa shape index (κ3) is 6.49. The molecule has 11 heteroatoms. The molecule has 0 fully saturated rings. The third-order valence-corrected chi connectivity index (χ3v) is 8.08. The predicted octanol–water partition coefficient (Wildman–Crippen LogP) is 7.69. The summed E-state index contributed by atoms with van der Waals surface area (Å²) in [5.74, 6) is 0. The van der Waals surface area contributed by atoms with E-state index in [1.54, 1.807) is 11.5 Å². The summed E-state index contributed by atoms with van der Waals surface area (Å²) >= 11 is 0. The van der Waals surface area contributed by atoms with Gasteiger partial charge in [-0.15, -0.1) is 0 Å². The van der Waals surface area contributed by atoms with Gasteiger partial charge in [0.2, 0.25) is 10.0 Å². The monoisotopic (exact) mass is 548 g/mol. The second-order valence-corrected chi connectivity index (χ2v) is 12.5. The number of nitrogens with zero attached hydrogens (tertiary/aromatic N) is 1. The minimum atomic E-state index is -4.96. The number of hydrogen-bond donors (Lipinski definition) is 1. The van der Waals surface area contributed by atoms with Gasteiger partial charge in [0.25, 0.3) is 0 Å². The quantitative estimate of drug-likeness (QED) is 0.308. The highest BCUT2D eigenvalue weighted by atomic mass is 32.2. The number of benzene rings is 2. The SMILES string of the molecule is CCC(C)S(=O)(=O)N[C@@H](c1cn(CC(C)(C)C)c2cc(-c3ccccc3C(F)(F)F)ccc12)C(F)(F)F. The van der Waals surface area contributed by atoms with E-state index in [0.717, 1.165) is 6.07 Å². The Balaban J connectivity index is 2.28. The molecule has 0 saturated heterocycles. The lowest BCUT2D eigenvalue weighted by atomic mass is 9.96. The first-order valence-electron chi connectivity index (χ1n) is 11.7. The van der Waals surface area contributed by atoms with Crippen LogP contribution in [0, 0.1) is 5.41 Å². The van der Waals surface area contributed by atoms with Gasteiger partial charge in [-0.3, -0.25) is 0 Å². The van der Waals surface area contributed by atoms with Crippen LogP contribution in [0.2, 0.25) is 0 Å². The van der Waals surface area contributed by atoms with Crippen LogP contribution in [0.3, 0.4) is 0 Å². The molecule has 2 aromatic carbocycles. The number of sulfonamides is 1. The van der Waals surface area contributed by atoms with Crippen LogP contribution in [0.25, 0.3) is 22.0 Å². The van der Waals surface area contributed by atoms with Crippen molar-refractivity contribution in [2.75, 3.05) is 0 Å². The molecule has 1 unspecified atom stereocenters. The second kappa shape index (κ2) is 9.98. The average Bonchev–Trinajstić information content (AvgIpc) is 3.11. The Morgan fingerprint density at radius 1 is 0.973 bits per heavy atom. The summed E-state index contributed by atoms with van der Waals surface area (Å²) in [5, 5.41) is -0.947. The van der Waals surface area contributed by atoms with E-state index >= 15 is 0 Å². The van der Waals surface area contributed by atoms with Crippen molar-refractivity contribution < 1.29 is 34.8 Å². The maximum absolute atomic E-state index is 14.2. The van der Waals surface area contributed by atoms with Gasteiger partial charge in [-0.25, -0.2) is 8.42 Å². The van der Waals surface area contributed by atoms with Crippen LogP contribution in [0.4, 0.5) is 26.3 Å². The molecule has 0 bridgehead atoms. The van der Waals surface area contributed by atoms with Crippen molar-refractivity contribution in [1.29, 1.82) is 0 Å². The Labute approximate surface area is 212 Å². The van der Waals surface area contributed by atoms with E-state index in [1.165, 1.54) is 49.5 Å². The lowest BCUT2D eigenvalue weighted by molar-refractivity contribution is -0.152. The lowest BCUT2D eigenvalue weighted by Gasteiger charge is -2.23. The number of hydrogen-bond acceptors (Lipinski definition) is 2. The summed E-state index contributed by atoms with van der Waals surface area (Å²) in [5.41, 5.74) is -1.22. The van der Waals surface area contributed by atoms with Gasteiger partial charge in [-0.05, 0) is 42.0 Å². The zero-order valence-corrected chi connectivity index (χ0v) is 21.9. The first kappa shape index (κ1) is 29.0. The molecule has 204 valence electrons. The fourth-order valence-electron chi connectivity index (χ4n) is 4.15. The van der Waals surface area contributed by atoms with Gasteiger partial charge < -0.3 is 4.57 Å². The summed E-state index contributed by atoms with van der Waals surface area (Å²) in [6.45, 7) is 8.73. The molecule has 0 saturated carbocycles. The van der Waals surface area contributed by atoms with E-state index in [2.05, 4.69) is 0 Å². The molecule has 0 amide bonds. The Morgan fingerprint density at radius 2 is 1.59 bits per heavy atom. The van der Waals surface area contributed by atoms with E-state index in [0.29, 0.717) is 0 Å². The van der Waals surface area contributed by atoms with E-state index in [1.807, 2.05) is 25.5 Å². The van der Waals surface area contributed by atoms with Crippen LogP contribution in [0.5, 0.6) is 0 Å². The van der Waals surface area contributed by atoms with E-state index in [-0.39, 0.29) is 40.6 Å². The van der Waals surface area contributed by atoms with Crippen LogP contribution >= 0.6 is 0 Å². The van der Waals surface area contributed by atoms with E-state index in [4.69, 9.17) is 0 Å². The summed E-state index contributed by atoms with van der Waals surface area (Å²) in [7, 11) is -4.31.